The third-order valence-corrected chi connectivity index (χ3v) is 2.64. The normalized spacial score (nSPS) is 16.1. The molecule has 0 amide bonds. The van der Waals surface area contributed by atoms with Crippen LogP contribution in [0.25, 0.3) is 0 Å². The minimum Gasteiger partial charge on any atom is -0.330 e. The lowest BCUT2D eigenvalue weighted by molar-refractivity contribution is 0.565. The molecule has 0 aliphatic heterocycles. The fourth-order valence-corrected chi connectivity index (χ4v) is 1.49. The molecule has 14 heavy (non-hydrogen) atoms. The molecule has 0 saturated heterocycles. The Kier molecular flexibility index (Phi) is 7.01. The highest BCUT2D eigenvalue weighted by atomic mass is 14.9. The number of nitrogens with two attached hydrogens (primary N) is 1. The zero-order chi connectivity index (χ0) is 10.1. The predicted octanol–water partition coefficient (Wildman–Crippen LogP) is 0.705. The number of unbranched alkanes of at least 4 members (excludes halogenated alkanes) is 1. The Morgan fingerprint density at radius 1 is 0.929 bits per heavy atom. The number of nitrogens with one attached hydrogen (secondary N) is 2. The van der Waals surface area contributed by atoms with Gasteiger partial charge < -0.3 is 16.4 Å². The summed E-state index contributed by atoms with van der Waals surface area (Å²) in [6.45, 7) is 5.50. The Balaban J connectivity index is 1.63. The summed E-state index contributed by atoms with van der Waals surface area (Å²) in [6, 6.07) is 0. The summed E-state index contributed by atoms with van der Waals surface area (Å²) < 4.78 is 0. The molecule has 0 radical (unpaired) electrons. The molecule has 1 saturated carbocycles. The maximum atomic E-state index is 5.41. The van der Waals surface area contributed by atoms with E-state index in [9.17, 15) is 0 Å². The van der Waals surface area contributed by atoms with Crippen molar-refractivity contribution in [1.82, 2.24) is 10.6 Å². The molecule has 4 N–H and O–H groups in total. The SMILES string of the molecule is NCCCCNCCCNCC1CC1. The molecule has 0 aromatic rings. The molecule has 1 aliphatic carbocycles. The summed E-state index contributed by atoms with van der Waals surface area (Å²) in [6.07, 6.45) is 6.50. The van der Waals surface area contributed by atoms with Crippen molar-refractivity contribution in [2.24, 2.45) is 11.7 Å². The van der Waals surface area contributed by atoms with Crippen LogP contribution >= 0.6 is 0 Å². The number of rotatable bonds is 10. The molecule has 1 aliphatic rings. The summed E-state index contributed by atoms with van der Waals surface area (Å²) in [5.41, 5.74) is 5.41. The molecule has 3 nitrogen and oxygen atoms in total. The zero-order valence-electron chi connectivity index (χ0n) is 9.23. The van der Waals surface area contributed by atoms with Crippen LogP contribution in [0.4, 0.5) is 0 Å². The predicted molar refractivity (Wildman–Crippen MR) is 61.4 cm³/mol. The third kappa shape index (κ3) is 7.30. The molecular formula is C11H25N3. The molecule has 0 unspecified atom stereocenters. The van der Waals surface area contributed by atoms with E-state index in [1.54, 1.807) is 0 Å². The van der Waals surface area contributed by atoms with E-state index in [-0.39, 0.29) is 0 Å². The monoisotopic (exact) mass is 199 g/mol. The largest absolute Gasteiger partial charge is 0.330 e. The van der Waals surface area contributed by atoms with E-state index in [2.05, 4.69) is 10.6 Å². The highest BCUT2D eigenvalue weighted by Gasteiger charge is 2.19. The Morgan fingerprint density at radius 2 is 1.64 bits per heavy atom. The van der Waals surface area contributed by atoms with E-state index in [1.165, 1.54) is 38.8 Å². The maximum absolute atomic E-state index is 5.41. The van der Waals surface area contributed by atoms with Gasteiger partial charge >= 0.3 is 0 Å². The molecule has 0 heterocycles. The van der Waals surface area contributed by atoms with Crippen molar-refractivity contribution < 1.29 is 0 Å². The van der Waals surface area contributed by atoms with Crippen molar-refractivity contribution in [2.75, 3.05) is 32.7 Å². The zero-order valence-corrected chi connectivity index (χ0v) is 9.23. The summed E-state index contributed by atoms with van der Waals surface area (Å²) >= 11 is 0. The first kappa shape index (κ1) is 12.0. The Labute approximate surface area is 87.8 Å². The van der Waals surface area contributed by atoms with E-state index in [4.69, 9.17) is 5.73 Å². The minimum atomic E-state index is 0.824. The maximum Gasteiger partial charge on any atom is -0.00205 e. The van der Waals surface area contributed by atoms with Crippen LogP contribution in [0.3, 0.4) is 0 Å². The number of hydrogen-bond donors (Lipinski definition) is 3. The number of hydrogen-bond acceptors (Lipinski definition) is 3. The second-order valence-corrected chi connectivity index (χ2v) is 4.25. The van der Waals surface area contributed by atoms with Crippen LogP contribution in [-0.2, 0) is 0 Å². The van der Waals surface area contributed by atoms with Gasteiger partial charge in [0.2, 0.25) is 0 Å². The summed E-state index contributed by atoms with van der Waals surface area (Å²) in [4.78, 5) is 0. The van der Waals surface area contributed by atoms with Crippen LogP contribution in [0.2, 0.25) is 0 Å². The standard InChI is InChI=1S/C11H25N3/c12-6-1-2-7-13-8-3-9-14-10-11-4-5-11/h11,13-14H,1-10,12H2. The van der Waals surface area contributed by atoms with Gasteiger partial charge in [-0.25, -0.2) is 0 Å². The summed E-state index contributed by atoms with van der Waals surface area (Å²) in [7, 11) is 0. The van der Waals surface area contributed by atoms with Crippen molar-refractivity contribution in [1.29, 1.82) is 0 Å². The topological polar surface area (TPSA) is 50.1 Å². The Hall–Kier alpha value is -0.120. The summed E-state index contributed by atoms with van der Waals surface area (Å²) in [5.74, 6) is 1.01. The lowest BCUT2D eigenvalue weighted by atomic mass is 10.3. The van der Waals surface area contributed by atoms with Gasteiger partial charge in [0.05, 0.1) is 0 Å². The molecule has 0 aromatic heterocycles. The fourth-order valence-electron chi connectivity index (χ4n) is 1.49. The van der Waals surface area contributed by atoms with E-state index in [0.717, 1.165) is 32.0 Å². The van der Waals surface area contributed by atoms with Crippen molar-refractivity contribution in [3.05, 3.63) is 0 Å². The van der Waals surface area contributed by atoms with Gasteiger partial charge in [0.1, 0.15) is 0 Å². The lowest BCUT2D eigenvalue weighted by Crippen LogP contribution is -2.24. The average molecular weight is 199 g/mol. The van der Waals surface area contributed by atoms with Crippen LogP contribution in [0, 0.1) is 5.92 Å². The second kappa shape index (κ2) is 8.21. The van der Waals surface area contributed by atoms with Gasteiger partial charge in [-0.3, -0.25) is 0 Å². The molecule has 3 heteroatoms. The van der Waals surface area contributed by atoms with Gasteiger partial charge in [0.15, 0.2) is 0 Å². The van der Waals surface area contributed by atoms with Crippen LogP contribution < -0.4 is 16.4 Å². The molecule has 84 valence electrons. The average Bonchev–Trinajstić information content (AvgIpc) is 2.99. The van der Waals surface area contributed by atoms with Crippen molar-refractivity contribution in [2.45, 2.75) is 32.1 Å². The second-order valence-electron chi connectivity index (χ2n) is 4.25. The van der Waals surface area contributed by atoms with E-state index >= 15 is 0 Å². The van der Waals surface area contributed by atoms with Gasteiger partial charge in [-0.2, -0.15) is 0 Å². The molecule has 0 bridgehead atoms. The van der Waals surface area contributed by atoms with E-state index in [1.807, 2.05) is 0 Å². The van der Waals surface area contributed by atoms with E-state index in [0.29, 0.717) is 0 Å². The Morgan fingerprint density at radius 3 is 2.36 bits per heavy atom. The van der Waals surface area contributed by atoms with Crippen LogP contribution in [0.15, 0.2) is 0 Å². The first-order valence-electron chi connectivity index (χ1n) is 6.05. The molecule has 0 spiro atoms. The third-order valence-electron chi connectivity index (χ3n) is 2.64. The van der Waals surface area contributed by atoms with Crippen molar-refractivity contribution in [3.8, 4) is 0 Å². The fraction of sp³-hybridized carbons (Fsp3) is 1.00. The molecule has 0 aromatic carbocycles. The van der Waals surface area contributed by atoms with Gasteiger partial charge in [-0.05, 0) is 70.7 Å². The highest BCUT2D eigenvalue weighted by Crippen LogP contribution is 2.27. The molecule has 0 atom stereocenters. The molecular weight excluding hydrogens is 174 g/mol. The lowest BCUT2D eigenvalue weighted by Gasteiger charge is -2.05. The first-order valence-corrected chi connectivity index (χ1v) is 6.05. The van der Waals surface area contributed by atoms with Gasteiger partial charge in [-0.15, -0.1) is 0 Å². The van der Waals surface area contributed by atoms with E-state index < -0.39 is 0 Å². The molecule has 1 rings (SSSR count). The van der Waals surface area contributed by atoms with Crippen LogP contribution in [0.5, 0.6) is 0 Å². The van der Waals surface area contributed by atoms with Crippen molar-refractivity contribution >= 4 is 0 Å². The Bertz CT molecular complexity index is 124. The van der Waals surface area contributed by atoms with Gasteiger partial charge in [-0.1, -0.05) is 0 Å². The quantitative estimate of drug-likeness (QED) is 0.454. The van der Waals surface area contributed by atoms with Crippen molar-refractivity contribution in [3.63, 3.8) is 0 Å². The summed E-state index contributed by atoms with van der Waals surface area (Å²) in [5, 5.41) is 6.92. The highest BCUT2D eigenvalue weighted by molar-refractivity contribution is 4.75. The minimum absolute atomic E-state index is 0.824. The van der Waals surface area contributed by atoms with Crippen LogP contribution in [0.1, 0.15) is 32.1 Å². The van der Waals surface area contributed by atoms with Gasteiger partial charge in [0, 0.05) is 0 Å². The molecule has 1 fully saturated rings. The van der Waals surface area contributed by atoms with Gasteiger partial charge in [0.25, 0.3) is 0 Å². The first-order chi connectivity index (χ1) is 6.93. The van der Waals surface area contributed by atoms with Crippen LogP contribution in [-0.4, -0.2) is 32.7 Å². The smallest absolute Gasteiger partial charge is 0.00205 e.